The average Bonchev–Trinajstić information content (AvgIpc) is 3.02. The highest BCUT2D eigenvalue weighted by molar-refractivity contribution is 7.89. The third-order valence-electron chi connectivity index (χ3n) is 4.95. The van der Waals surface area contributed by atoms with Crippen LogP contribution in [0.25, 0.3) is 0 Å². The first kappa shape index (κ1) is 17.4. The number of nitrogens with one attached hydrogen (secondary N) is 2. The van der Waals surface area contributed by atoms with Crippen LogP contribution in [0.1, 0.15) is 63.0 Å². The maximum absolute atomic E-state index is 12.0. The van der Waals surface area contributed by atoms with E-state index >= 15 is 0 Å². The molecule has 7 nitrogen and oxygen atoms in total. The van der Waals surface area contributed by atoms with E-state index in [1.165, 1.54) is 42.8 Å². The molecule has 2 heterocycles. The van der Waals surface area contributed by atoms with E-state index in [4.69, 9.17) is 0 Å². The molecule has 0 radical (unpaired) electrons. The second kappa shape index (κ2) is 7.65. The zero-order chi connectivity index (χ0) is 17.0. The second-order valence-electron chi connectivity index (χ2n) is 6.76. The molecular formula is C16H26N4O3S. The average molecular weight is 354 g/mol. The minimum atomic E-state index is -3.14. The fourth-order valence-corrected chi connectivity index (χ4v) is 5.10. The Bertz CT molecular complexity index is 663. The van der Waals surface area contributed by atoms with Gasteiger partial charge in [-0.25, -0.2) is 12.7 Å². The maximum atomic E-state index is 12.0. The molecule has 1 aliphatic heterocycles. The number of sulfonamides is 1. The number of hydrogen-bond acceptors (Lipinski definition) is 4. The molecule has 0 unspecified atom stereocenters. The summed E-state index contributed by atoms with van der Waals surface area (Å²) in [5, 5.41) is 9.99. The summed E-state index contributed by atoms with van der Waals surface area (Å²) in [5.41, 5.74) is 1.09. The van der Waals surface area contributed by atoms with Gasteiger partial charge in [-0.15, -0.1) is 0 Å². The first-order valence-corrected chi connectivity index (χ1v) is 10.5. The second-order valence-corrected chi connectivity index (χ2v) is 8.85. The highest BCUT2D eigenvalue weighted by atomic mass is 32.2. The van der Waals surface area contributed by atoms with Crippen molar-refractivity contribution in [2.45, 2.75) is 57.3 Å². The molecule has 134 valence electrons. The minimum Gasteiger partial charge on any atom is -0.309 e. The quantitative estimate of drug-likeness (QED) is 0.793. The Morgan fingerprint density at radius 2 is 2.00 bits per heavy atom. The van der Waals surface area contributed by atoms with Crippen LogP contribution in [0, 0.1) is 0 Å². The van der Waals surface area contributed by atoms with Crippen LogP contribution in [0.4, 0.5) is 5.82 Å². The summed E-state index contributed by atoms with van der Waals surface area (Å²) >= 11 is 0. The molecule has 1 aliphatic carbocycles. The van der Waals surface area contributed by atoms with Crippen LogP contribution in [0.3, 0.4) is 0 Å². The normalized spacial score (nSPS) is 22.3. The van der Waals surface area contributed by atoms with Crippen LogP contribution in [0.15, 0.2) is 6.07 Å². The standard InChI is InChI=1S/C16H26N4O3S/c21-16(8-10-20-9-5-11-24(20,22)23)17-15-12-14(18-19-15)13-6-3-1-2-4-7-13/h12-13H,1-11H2,(H2,17,18,19,21). The zero-order valence-corrected chi connectivity index (χ0v) is 14.8. The number of H-pyrrole nitrogens is 1. The van der Waals surface area contributed by atoms with Gasteiger partial charge in [-0.2, -0.15) is 5.10 Å². The van der Waals surface area contributed by atoms with E-state index in [1.807, 2.05) is 6.07 Å². The van der Waals surface area contributed by atoms with E-state index < -0.39 is 10.0 Å². The van der Waals surface area contributed by atoms with Crippen molar-refractivity contribution in [1.82, 2.24) is 14.5 Å². The molecule has 1 saturated heterocycles. The highest BCUT2D eigenvalue weighted by Crippen LogP contribution is 2.31. The van der Waals surface area contributed by atoms with Crippen molar-refractivity contribution in [2.75, 3.05) is 24.2 Å². The Kier molecular flexibility index (Phi) is 5.55. The smallest absolute Gasteiger partial charge is 0.226 e. The van der Waals surface area contributed by atoms with Crippen molar-refractivity contribution >= 4 is 21.7 Å². The first-order chi connectivity index (χ1) is 11.5. The maximum Gasteiger partial charge on any atom is 0.226 e. The van der Waals surface area contributed by atoms with Gasteiger partial charge in [-0.1, -0.05) is 25.7 Å². The summed E-state index contributed by atoms with van der Waals surface area (Å²) in [6.07, 6.45) is 8.23. The fraction of sp³-hybridized carbons (Fsp3) is 0.750. The molecule has 1 aromatic heterocycles. The summed E-state index contributed by atoms with van der Waals surface area (Å²) in [6, 6.07) is 1.92. The summed E-state index contributed by atoms with van der Waals surface area (Å²) in [4.78, 5) is 12.0. The van der Waals surface area contributed by atoms with E-state index in [9.17, 15) is 13.2 Å². The third kappa shape index (κ3) is 4.36. The lowest BCUT2D eigenvalue weighted by Gasteiger charge is -2.13. The molecule has 1 aromatic rings. The molecule has 0 atom stereocenters. The molecule has 3 rings (SSSR count). The highest BCUT2D eigenvalue weighted by Gasteiger charge is 2.28. The van der Waals surface area contributed by atoms with E-state index in [2.05, 4.69) is 15.5 Å². The number of carbonyl (C=O) groups excluding carboxylic acids is 1. The first-order valence-electron chi connectivity index (χ1n) is 8.87. The monoisotopic (exact) mass is 354 g/mol. The van der Waals surface area contributed by atoms with Gasteiger partial charge in [0.05, 0.1) is 5.75 Å². The van der Waals surface area contributed by atoms with Gasteiger partial charge in [-0.05, 0) is 19.3 Å². The molecule has 24 heavy (non-hydrogen) atoms. The summed E-state index contributed by atoms with van der Waals surface area (Å²) < 4.78 is 24.8. The lowest BCUT2D eigenvalue weighted by atomic mass is 9.97. The van der Waals surface area contributed by atoms with Gasteiger partial charge in [0.15, 0.2) is 5.82 Å². The van der Waals surface area contributed by atoms with Gasteiger partial charge in [-0.3, -0.25) is 9.89 Å². The van der Waals surface area contributed by atoms with Crippen LogP contribution < -0.4 is 5.32 Å². The molecule has 0 bridgehead atoms. The molecule has 2 aliphatic rings. The number of amides is 1. The van der Waals surface area contributed by atoms with Gasteiger partial charge >= 0.3 is 0 Å². The molecule has 2 N–H and O–H groups in total. The lowest BCUT2D eigenvalue weighted by molar-refractivity contribution is -0.116. The Labute approximate surface area is 143 Å². The van der Waals surface area contributed by atoms with Crippen molar-refractivity contribution in [3.05, 3.63) is 11.8 Å². The molecule has 2 fully saturated rings. The van der Waals surface area contributed by atoms with Crippen molar-refractivity contribution in [2.24, 2.45) is 0 Å². The Morgan fingerprint density at radius 3 is 2.67 bits per heavy atom. The van der Waals surface area contributed by atoms with E-state index in [0.29, 0.717) is 24.7 Å². The van der Waals surface area contributed by atoms with Crippen molar-refractivity contribution in [1.29, 1.82) is 0 Å². The van der Waals surface area contributed by atoms with Crippen LogP contribution in [-0.2, 0) is 14.8 Å². The predicted octanol–water partition coefficient (Wildman–Crippen LogP) is 2.21. The van der Waals surface area contributed by atoms with Crippen molar-refractivity contribution < 1.29 is 13.2 Å². The van der Waals surface area contributed by atoms with Gasteiger partial charge in [0, 0.05) is 37.2 Å². The molecule has 0 spiro atoms. The van der Waals surface area contributed by atoms with Gasteiger partial charge in [0.25, 0.3) is 0 Å². The molecule has 8 heteroatoms. The third-order valence-corrected chi connectivity index (χ3v) is 6.91. The predicted molar refractivity (Wildman–Crippen MR) is 92.3 cm³/mol. The van der Waals surface area contributed by atoms with Crippen LogP contribution in [0.2, 0.25) is 0 Å². The van der Waals surface area contributed by atoms with Crippen molar-refractivity contribution in [3.63, 3.8) is 0 Å². The van der Waals surface area contributed by atoms with Crippen LogP contribution in [0.5, 0.6) is 0 Å². The topological polar surface area (TPSA) is 95.2 Å². The summed E-state index contributed by atoms with van der Waals surface area (Å²) in [7, 11) is -3.14. The minimum absolute atomic E-state index is 0.158. The molecule has 1 saturated carbocycles. The Morgan fingerprint density at radius 1 is 1.25 bits per heavy atom. The largest absolute Gasteiger partial charge is 0.309 e. The van der Waals surface area contributed by atoms with Gasteiger partial charge < -0.3 is 5.32 Å². The van der Waals surface area contributed by atoms with E-state index in [0.717, 1.165) is 5.69 Å². The summed E-state index contributed by atoms with van der Waals surface area (Å²) in [5.74, 6) is 1.03. The summed E-state index contributed by atoms with van der Waals surface area (Å²) in [6.45, 7) is 0.762. The number of aromatic amines is 1. The number of rotatable bonds is 5. The van der Waals surface area contributed by atoms with E-state index in [-0.39, 0.29) is 24.6 Å². The molecular weight excluding hydrogens is 328 g/mol. The van der Waals surface area contributed by atoms with Crippen LogP contribution >= 0.6 is 0 Å². The molecule has 1 amide bonds. The van der Waals surface area contributed by atoms with Crippen LogP contribution in [-0.4, -0.2) is 47.7 Å². The van der Waals surface area contributed by atoms with Crippen molar-refractivity contribution in [3.8, 4) is 0 Å². The zero-order valence-electron chi connectivity index (χ0n) is 14.0. The number of anilines is 1. The number of hydrogen-bond donors (Lipinski definition) is 2. The Balaban J connectivity index is 1.50. The molecule has 0 aromatic carbocycles. The van der Waals surface area contributed by atoms with E-state index in [1.54, 1.807) is 0 Å². The number of nitrogens with zero attached hydrogens (tertiary/aromatic N) is 2. The Hall–Kier alpha value is -1.41. The number of carbonyl (C=O) groups is 1. The van der Waals surface area contributed by atoms with Gasteiger partial charge in [0.2, 0.25) is 15.9 Å². The lowest BCUT2D eigenvalue weighted by Crippen LogP contribution is -2.29. The number of aromatic nitrogens is 2. The SMILES string of the molecule is O=C(CCN1CCCS1(=O)=O)Nc1cc(C2CCCCCC2)[nH]n1. The van der Waals surface area contributed by atoms with Gasteiger partial charge in [0.1, 0.15) is 0 Å². The fourth-order valence-electron chi connectivity index (χ4n) is 3.57.